The van der Waals surface area contributed by atoms with Crippen molar-refractivity contribution in [2.45, 2.75) is 19.3 Å². The SMILES string of the molecule is COc1cc(CC=C2CC(=CCc3ccc(O)c(OC)c3)N(c3nc4ccccc4s3)N2)ccc1O. The van der Waals surface area contributed by atoms with E-state index in [1.165, 1.54) is 0 Å². The van der Waals surface area contributed by atoms with Crippen LogP contribution in [0.3, 0.4) is 0 Å². The molecular formula is C28H27N3O4S. The molecule has 7 nitrogen and oxygen atoms in total. The lowest BCUT2D eigenvalue weighted by Crippen LogP contribution is -2.28. The van der Waals surface area contributed by atoms with E-state index in [2.05, 4.69) is 23.6 Å². The molecular weight excluding hydrogens is 474 g/mol. The van der Waals surface area contributed by atoms with E-state index in [-0.39, 0.29) is 11.5 Å². The van der Waals surface area contributed by atoms with Gasteiger partial charge in [-0.1, -0.05) is 47.8 Å². The minimum Gasteiger partial charge on any atom is -0.504 e. The first-order chi connectivity index (χ1) is 17.5. The maximum atomic E-state index is 9.92. The topological polar surface area (TPSA) is 87.1 Å². The molecule has 0 atom stereocenters. The van der Waals surface area contributed by atoms with E-state index < -0.39 is 0 Å². The molecule has 8 heteroatoms. The molecule has 0 spiro atoms. The maximum Gasteiger partial charge on any atom is 0.209 e. The molecule has 5 rings (SSSR count). The van der Waals surface area contributed by atoms with E-state index in [1.54, 1.807) is 37.7 Å². The Bertz CT molecular complexity index is 1430. The molecule has 2 heterocycles. The van der Waals surface area contributed by atoms with E-state index in [0.29, 0.717) is 24.3 Å². The Balaban J connectivity index is 1.42. The van der Waals surface area contributed by atoms with Gasteiger partial charge in [0.05, 0.1) is 24.4 Å². The molecule has 1 aliphatic heterocycles. The number of hydrogen-bond acceptors (Lipinski definition) is 8. The van der Waals surface area contributed by atoms with Crippen LogP contribution in [0, 0.1) is 0 Å². The molecule has 1 saturated heterocycles. The number of nitrogens with one attached hydrogen (secondary N) is 1. The Hall–Kier alpha value is -4.17. The zero-order valence-corrected chi connectivity index (χ0v) is 20.9. The highest BCUT2D eigenvalue weighted by atomic mass is 32.1. The number of aromatic hydroxyl groups is 2. The molecule has 184 valence electrons. The van der Waals surface area contributed by atoms with E-state index in [4.69, 9.17) is 14.5 Å². The first-order valence-corrected chi connectivity index (χ1v) is 12.4. The fraction of sp³-hybridized carbons (Fsp3) is 0.179. The minimum atomic E-state index is 0.128. The molecule has 0 amide bonds. The van der Waals surface area contributed by atoms with Crippen LogP contribution in [0.5, 0.6) is 23.0 Å². The predicted molar refractivity (Wildman–Crippen MR) is 143 cm³/mol. The van der Waals surface area contributed by atoms with Crippen molar-refractivity contribution in [3.8, 4) is 23.0 Å². The highest BCUT2D eigenvalue weighted by molar-refractivity contribution is 7.22. The summed E-state index contributed by atoms with van der Waals surface area (Å²) in [5.41, 5.74) is 8.73. The van der Waals surface area contributed by atoms with Gasteiger partial charge >= 0.3 is 0 Å². The number of nitrogens with zero attached hydrogens (tertiary/aromatic N) is 2. The van der Waals surface area contributed by atoms with Crippen molar-refractivity contribution < 1.29 is 19.7 Å². The Labute approximate surface area is 213 Å². The van der Waals surface area contributed by atoms with E-state index in [0.717, 1.165) is 44.3 Å². The molecule has 0 radical (unpaired) electrons. The number of hydrazine groups is 1. The maximum absolute atomic E-state index is 9.92. The third-order valence-corrected chi connectivity index (χ3v) is 7.06. The predicted octanol–water partition coefficient (Wildman–Crippen LogP) is 5.69. The zero-order chi connectivity index (χ0) is 25.1. The number of hydrogen-bond donors (Lipinski definition) is 3. The van der Waals surface area contributed by atoms with Crippen LogP contribution in [0.1, 0.15) is 17.5 Å². The largest absolute Gasteiger partial charge is 0.504 e. The molecule has 3 aromatic carbocycles. The lowest BCUT2D eigenvalue weighted by Gasteiger charge is -2.17. The van der Waals surface area contributed by atoms with Gasteiger partial charge in [-0.05, 0) is 60.4 Å². The molecule has 36 heavy (non-hydrogen) atoms. The summed E-state index contributed by atoms with van der Waals surface area (Å²) >= 11 is 1.64. The number of phenolic OH excluding ortho intramolecular Hbond substituents is 2. The normalized spacial score (nSPS) is 15.6. The van der Waals surface area contributed by atoms with Gasteiger partial charge in [-0.25, -0.2) is 9.99 Å². The molecule has 0 unspecified atom stereocenters. The van der Waals surface area contributed by atoms with Crippen LogP contribution in [0.15, 0.2) is 84.2 Å². The van der Waals surface area contributed by atoms with Gasteiger partial charge in [0.25, 0.3) is 0 Å². The third kappa shape index (κ3) is 4.94. The van der Waals surface area contributed by atoms with Crippen LogP contribution in [0.2, 0.25) is 0 Å². The van der Waals surface area contributed by atoms with Crippen LogP contribution < -0.4 is 19.9 Å². The van der Waals surface area contributed by atoms with Gasteiger partial charge in [-0.2, -0.15) is 0 Å². The quantitative estimate of drug-likeness (QED) is 0.300. The first kappa shape index (κ1) is 23.6. The van der Waals surface area contributed by atoms with Crippen LogP contribution in [-0.2, 0) is 12.8 Å². The number of allylic oxidation sites excluding steroid dienone is 2. The molecule has 3 N–H and O–H groups in total. The monoisotopic (exact) mass is 501 g/mol. The number of ether oxygens (including phenoxy) is 2. The van der Waals surface area contributed by atoms with Crippen molar-refractivity contribution in [1.29, 1.82) is 0 Å². The average Bonchev–Trinajstić information content (AvgIpc) is 3.51. The van der Waals surface area contributed by atoms with Crippen LogP contribution in [0.25, 0.3) is 10.2 Å². The van der Waals surface area contributed by atoms with Gasteiger partial charge in [-0.3, -0.25) is 5.43 Å². The summed E-state index contributed by atoms with van der Waals surface area (Å²) in [5, 5.41) is 22.7. The Morgan fingerprint density at radius 3 is 2.19 bits per heavy atom. The van der Waals surface area contributed by atoms with Crippen molar-refractivity contribution in [3.05, 3.63) is 95.3 Å². The summed E-state index contributed by atoms with van der Waals surface area (Å²) < 4.78 is 11.6. The number of para-hydroxylation sites is 1. The lowest BCUT2D eigenvalue weighted by molar-refractivity contribution is 0.373. The second kappa shape index (κ2) is 10.2. The number of phenols is 2. The van der Waals surface area contributed by atoms with Crippen molar-refractivity contribution >= 4 is 26.7 Å². The fourth-order valence-corrected chi connectivity index (χ4v) is 5.07. The number of thiazole rings is 1. The number of methoxy groups -OCH3 is 2. The second-order valence-electron chi connectivity index (χ2n) is 8.43. The minimum absolute atomic E-state index is 0.128. The molecule has 1 fully saturated rings. The molecule has 1 aromatic heterocycles. The summed E-state index contributed by atoms with van der Waals surface area (Å²) in [5.74, 6) is 1.18. The van der Waals surface area contributed by atoms with E-state index in [1.807, 2.05) is 47.5 Å². The summed E-state index contributed by atoms with van der Waals surface area (Å²) in [7, 11) is 3.10. The van der Waals surface area contributed by atoms with Crippen molar-refractivity contribution in [2.24, 2.45) is 0 Å². The smallest absolute Gasteiger partial charge is 0.209 e. The van der Waals surface area contributed by atoms with E-state index in [9.17, 15) is 10.2 Å². The third-order valence-electron chi connectivity index (χ3n) is 6.03. The molecule has 0 bridgehead atoms. The number of fused-ring (bicyclic) bond motifs is 1. The second-order valence-corrected chi connectivity index (χ2v) is 9.44. The summed E-state index contributed by atoms with van der Waals surface area (Å²) in [6.45, 7) is 0. The molecule has 4 aromatic rings. The fourth-order valence-electron chi connectivity index (χ4n) is 4.11. The van der Waals surface area contributed by atoms with Gasteiger partial charge < -0.3 is 19.7 Å². The standard InChI is InChI=1S/C28H27N3O4S/c1-34-25-15-18(9-13-23(25)32)7-11-20-17-21(12-8-19-10-14-24(33)26(16-19)35-2)31(30-20)28-29-22-5-3-4-6-27(22)36-28/h3-6,9-16,30,32-33H,7-8,17H2,1-2H3. The highest BCUT2D eigenvalue weighted by Crippen LogP contribution is 2.35. The van der Waals surface area contributed by atoms with Crippen LogP contribution in [-0.4, -0.2) is 29.4 Å². The van der Waals surface area contributed by atoms with Crippen molar-refractivity contribution in [2.75, 3.05) is 19.2 Å². The lowest BCUT2D eigenvalue weighted by atomic mass is 10.1. The van der Waals surface area contributed by atoms with Crippen LogP contribution >= 0.6 is 11.3 Å². The zero-order valence-electron chi connectivity index (χ0n) is 20.1. The number of anilines is 1. The van der Waals surface area contributed by atoms with Gasteiger partial charge in [0, 0.05) is 17.8 Å². The summed E-state index contributed by atoms with van der Waals surface area (Å²) in [4.78, 5) is 4.84. The molecule has 1 aliphatic rings. The van der Waals surface area contributed by atoms with Gasteiger partial charge in [0.2, 0.25) is 5.13 Å². The number of aromatic nitrogens is 1. The Kier molecular flexibility index (Phi) is 6.69. The average molecular weight is 502 g/mol. The first-order valence-electron chi connectivity index (χ1n) is 11.6. The molecule has 0 saturated carbocycles. The highest BCUT2D eigenvalue weighted by Gasteiger charge is 2.25. The number of benzene rings is 3. The van der Waals surface area contributed by atoms with Gasteiger partial charge in [0.15, 0.2) is 23.0 Å². The van der Waals surface area contributed by atoms with Crippen molar-refractivity contribution in [3.63, 3.8) is 0 Å². The Morgan fingerprint density at radius 2 is 1.56 bits per heavy atom. The number of rotatable bonds is 7. The summed E-state index contributed by atoms with van der Waals surface area (Å²) in [6.07, 6.45) is 6.42. The Morgan fingerprint density at radius 1 is 0.917 bits per heavy atom. The van der Waals surface area contributed by atoms with Crippen molar-refractivity contribution in [1.82, 2.24) is 10.4 Å². The van der Waals surface area contributed by atoms with Gasteiger partial charge in [0.1, 0.15) is 0 Å². The van der Waals surface area contributed by atoms with Gasteiger partial charge in [-0.15, -0.1) is 0 Å². The summed E-state index contributed by atoms with van der Waals surface area (Å²) in [6, 6.07) is 18.9. The van der Waals surface area contributed by atoms with Crippen LogP contribution in [0.4, 0.5) is 5.13 Å². The molecule has 0 aliphatic carbocycles. The van der Waals surface area contributed by atoms with E-state index >= 15 is 0 Å².